The highest BCUT2D eigenvalue weighted by Gasteiger charge is 2.17. The Hall–Kier alpha value is -1.15. The van der Waals surface area contributed by atoms with E-state index in [-0.39, 0.29) is 10.6 Å². The standard InChI is InChI=1S/C15H15BrO/c1-2-6-14(16)15(17)13-10-5-8-11-7-3-4-9-12(11)13/h3-5,7-10,14H,2,6H2,1H3. The Kier molecular flexibility index (Phi) is 3.95. The fourth-order valence-corrected chi connectivity index (χ4v) is 2.70. The van der Waals surface area contributed by atoms with Gasteiger partial charge in [0.2, 0.25) is 0 Å². The molecule has 0 aromatic heterocycles. The van der Waals surface area contributed by atoms with Crippen molar-refractivity contribution in [3.05, 3.63) is 48.0 Å². The van der Waals surface area contributed by atoms with E-state index in [2.05, 4.69) is 22.9 Å². The van der Waals surface area contributed by atoms with Crippen LogP contribution in [0.2, 0.25) is 0 Å². The molecular weight excluding hydrogens is 276 g/mol. The summed E-state index contributed by atoms with van der Waals surface area (Å²) in [5.74, 6) is 0.184. The summed E-state index contributed by atoms with van der Waals surface area (Å²) in [6, 6.07) is 13.9. The van der Waals surface area contributed by atoms with Gasteiger partial charge in [0.15, 0.2) is 5.78 Å². The van der Waals surface area contributed by atoms with Gasteiger partial charge in [0.1, 0.15) is 0 Å². The van der Waals surface area contributed by atoms with Crippen molar-refractivity contribution in [2.75, 3.05) is 0 Å². The molecule has 2 rings (SSSR count). The number of Topliss-reactive ketones (excluding diaryl/α,β-unsaturated/α-hetero) is 1. The number of ketones is 1. The fraction of sp³-hybridized carbons (Fsp3) is 0.267. The number of carbonyl (C=O) groups is 1. The molecule has 17 heavy (non-hydrogen) atoms. The first-order valence-electron chi connectivity index (χ1n) is 5.90. The third-order valence-electron chi connectivity index (χ3n) is 2.88. The van der Waals surface area contributed by atoms with Crippen LogP contribution >= 0.6 is 15.9 Å². The molecule has 1 nitrogen and oxygen atoms in total. The number of halogens is 1. The van der Waals surface area contributed by atoms with Crippen LogP contribution in [0.1, 0.15) is 30.1 Å². The molecule has 0 bridgehead atoms. The second-order valence-corrected chi connectivity index (χ2v) is 5.25. The number of hydrogen-bond donors (Lipinski definition) is 0. The molecule has 1 atom stereocenters. The summed E-state index contributed by atoms with van der Waals surface area (Å²) in [6.07, 6.45) is 1.88. The van der Waals surface area contributed by atoms with E-state index >= 15 is 0 Å². The van der Waals surface area contributed by atoms with Crippen molar-refractivity contribution in [1.29, 1.82) is 0 Å². The molecule has 0 N–H and O–H groups in total. The van der Waals surface area contributed by atoms with E-state index in [0.29, 0.717) is 0 Å². The van der Waals surface area contributed by atoms with Gasteiger partial charge in [0, 0.05) is 5.56 Å². The molecule has 0 aliphatic heterocycles. The molecule has 0 amide bonds. The van der Waals surface area contributed by atoms with Gasteiger partial charge in [-0.15, -0.1) is 0 Å². The van der Waals surface area contributed by atoms with Crippen molar-refractivity contribution >= 4 is 32.5 Å². The van der Waals surface area contributed by atoms with E-state index in [1.54, 1.807) is 0 Å². The zero-order chi connectivity index (χ0) is 12.3. The molecule has 0 radical (unpaired) electrons. The molecule has 0 aliphatic carbocycles. The minimum Gasteiger partial charge on any atom is -0.293 e. The topological polar surface area (TPSA) is 17.1 Å². The SMILES string of the molecule is CCCC(Br)C(=O)c1cccc2ccccc12. The quantitative estimate of drug-likeness (QED) is 0.595. The average Bonchev–Trinajstić information content (AvgIpc) is 2.37. The molecule has 2 aromatic rings. The van der Waals surface area contributed by atoms with Crippen LogP contribution in [0, 0.1) is 0 Å². The zero-order valence-electron chi connectivity index (χ0n) is 9.82. The second-order valence-electron chi connectivity index (χ2n) is 4.15. The van der Waals surface area contributed by atoms with E-state index in [0.717, 1.165) is 29.2 Å². The van der Waals surface area contributed by atoms with Gasteiger partial charge < -0.3 is 0 Å². The van der Waals surface area contributed by atoms with E-state index in [4.69, 9.17) is 0 Å². The number of rotatable bonds is 4. The normalized spacial score (nSPS) is 12.6. The largest absolute Gasteiger partial charge is 0.293 e. The zero-order valence-corrected chi connectivity index (χ0v) is 11.4. The Morgan fingerprint density at radius 2 is 1.88 bits per heavy atom. The predicted octanol–water partition coefficient (Wildman–Crippen LogP) is 4.59. The van der Waals surface area contributed by atoms with Crippen LogP contribution in [0.4, 0.5) is 0 Å². The summed E-state index contributed by atoms with van der Waals surface area (Å²) in [5.41, 5.74) is 0.818. The lowest BCUT2D eigenvalue weighted by Crippen LogP contribution is -2.14. The van der Waals surface area contributed by atoms with Crippen molar-refractivity contribution < 1.29 is 4.79 Å². The summed E-state index contributed by atoms with van der Waals surface area (Å²) in [4.78, 5) is 12.2. The van der Waals surface area contributed by atoms with Crippen molar-refractivity contribution in [1.82, 2.24) is 0 Å². The van der Waals surface area contributed by atoms with E-state index < -0.39 is 0 Å². The molecule has 0 aliphatic rings. The van der Waals surface area contributed by atoms with Gasteiger partial charge in [0.05, 0.1) is 4.83 Å². The molecule has 0 saturated carbocycles. The number of carbonyl (C=O) groups excluding carboxylic acids is 1. The Bertz CT molecular complexity index is 528. The van der Waals surface area contributed by atoms with Gasteiger partial charge in [-0.1, -0.05) is 71.7 Å². The molecule has 0 spiro atoms. The fourth-order valence-electron chi connectivity index (χ4n) is 1.99. The number of benzene rings is 2. The summed E-state index contributed by atoms with van der Waals surface area (Å²) in [6.45, 7) is 2.09. The smallest absolute Gasteiger partial charge is 0.177 e. The Morgan fingerprint density at radius 3 is 2.65 bits per heavy atom. The van der Waals surface area contributed by atoms with Gasteiger partial charge in [-0.3, -0.25) is 4.79 Å². The van der Waals surface area contributed by atoms with Crippen LogP contribution in [0.15, 0.2) is 42.5 Å². The van der Waals surface area contributed by atoms with Crippen LogP contribution < -0.4 is 0 Å². The van der Waals surface area contributed by atoms with Crippen molar-refractivity contribution in [3.63, 3.8) is 0 Å². The Morgan fingerprint density at radius 1 is 1.18 bits per heavy atom. The van der Waals surface area contributed by atoms with Crippen molar-refractivity contribution in [2.45, 2.75) is 24.6 Å². The number of hydrogen-bond acceptors (Lipinski definition) is 1. The summed E-state index contributed by atoms with van der Waals surface area (Å²) >= 11 is 3.48. The highest BCUT2D eigenvalue weighted by atomic mass is 79.9. The van der Waals surface area contributed by atoms with Gasteiger partial charge in [0.25, 0.3) is 0 Å². The van der Waals surface area contributed by atoms with Crippen LogP contribution in [0.25, 0.3) is 10.8 Å². The first kappa shape index (κ1) is 12.3. The van der Waals surface area contributed by atoms with Crippen LogP contribution in [0.5, 0.6) is 0 Å². The van der Waals surface area contributed by atoms with Crippen LogP contribution in [0.3, 0.4) is 0 Å². The second kappa shape index (κ2) is 5.46. The van der Waals surface area contributed by atoms with Gasteiger partial charge in [-0.2, -0.15) is 0 Å². The predicted molar refractivity (Wildman–Crippen MR) is 75.9 cm³/mol. The van der Waals surface area contributed by atoms with Crippen molar-refractivity contribution in [3.8, 4) is 0 Å². The van der Waals surface area contributed by atoms with Crippen LogP contribution in [-0.2, 0) is 0 Å². The molecule has 0 heterocycles. The molecular formula is C15H15BrO. The highest BCUT2D eigenvalue weighted by Crippen LogP contribution is 2.23. The third kappa shape index (κ3) is 2.58. The minimum atomic E-state index is -0.0710. The average molecular weight is 291 g/mol. The maximum absolute atomic E-state index is 12.3. The Labute approximate surface area is 110 Å². The monoisotopic (exact) mass is 290 g/mol. The van der Waals surface area contributed by atoms with E-state index in [1.807, 2.05) is 42.5 Å². The van der Waals surface area contributed by atoms with E-state index in [1.165, 1.54) is 0 Å². The lowest BCUT2D eigenvalue weighted by molar-refractivity contribution is 0.0990. The number of fused-ring (bicyclic) bond motifs is 1. The van der Waals surface area contributed by atoms with Gasteiger partial charge in [-0.25, -0.2) is 0 Å². The molecule has 88 valence electrons. The van der Waals surface area contributed by atoms with Crippen LogP contribution in [-0.4, -0.2) is 10.6 Å². The molecule has 0 fully saturated rings. The summed E-state index contributed by atoms with van der Waals surface area (Å²) < 4.78 is 0. The van der Waals surface area contributed by atoms with E-state index in [9.17, 15) is 4.79 Å². The molecule has 1 unspecified atom stereocenters. The summed E-state index contributed by atoms with van der Waals surface area (Å²) in [5, 5.41) is 2.16. The maximum Gasteiger partial charge on any atom is 0.177 e. The summed E-state index contributed by atoms with van der Waals surface area (Å²) in [7, 11) is 0. The lowest BCUT2D eigenvalue weighted by Gasteiger charge is -2.10. The third-order valence-corrected chi connectivity index (χ3v) is 3.76. The lowest BCUT2D eigenvalue weighted by atomic mass is 9.99. The maximum atomic E-state index is 12.3. The molecule has 0 saturated heterocycles. The first-order valence-corrected chi connectivity index (χ1v) is 6.81. The number of alkyl halides is 1. The first-order chi connectivity index (χ1) is 8.24. The van der Waals surface area contributed by atoms with Gasteiger partial charge >= 0.3 is 0 Å². The van der Waals surface area contributed by atoms with Gasteiger partial charge in [-0.05, 0) is 17.2 Å². The molecule has 2 aromatic carbocycles. The Balaban J connectivity index is 2.45. The minimum absolute atomic E-state index is 0.0710. The highest BCUT2D eigenvalue weighted by molar-refractivity contribution is 9.10. The molecule has 2 heteroatoms. The van der Waals surface area contributed by atoms with Crippen molar-refractivity contribution in [2.24, 2.45) is 0 Å².